The maximum Gasteiger partial charge on any atom is 0.344 e. The van der Waals surface area contributed by atoms with E-state index in [4.69, 9.17) is 14.7 Å². The quantitative estimate of drug-likeness (QED) is 0.825. The lowest BCUT2D eigenvalue weighted by Crippen LogP contribution is -2.17. The predicted molar refractivity (Wildman–Crippen MR) is 81.7 cm³/mol. The van der Waals surface area contributed by atoms with Crippen molar-refractivity contribution in [2.24, 2.45) is 0 Å². The molecule has 6 heteroatoms. The lowest BCUT2D eigenvalue weighted by molar-refractivity contribution is -0.146. The molecule has 0 unspecified atom stereocenters. The van der Waals surface area contributed by atoms with Gasteiger partial charge in [0.1, 0.15) is 0 Å². The van der Waals surface area contributed by atoms with Crippen molar-refractivity contribution in [3.05, 3.63) is 58.9 Å². The second-order valence-corrected chi connectivity index (χ2v) is 4.76. The van der Waals surface area contributed by atoms with Crippen molar-refractivity contribution >= 4 is 11.9 Å². The van der Waals surface area contributed by atoms with Crippen molar-refractivity contribution in [1.29, 1.82) is 5.26 Å². The number of aromatic amines is 1. The molecule has 0 aliphatic rings. The van der Waals surface area contributed by atoms with Gasteiger partial charge in [0.05, 0.1) is 23.8 Å². The molecule has 0 aliphatic heterocycles. The third-order valence-electron chi connectivity index (χ3n) is 3.13. The summed E-state index contributed by atoms with van der Waals surface area (Å²) in [5.41, 5.74) is 2.55. The third-order valence-corrected chi connectivity index (χ3v) is 3.13. The highest BCUT2D eigenvalue weighted by Crippen LogP contribution is 2.16. The van der Waals surface area contributed by atoms with Crippen molar-refractivity contribution < 1.29 is 19.1 Å². The van der Waals surface area contributed by atoms with Crippen LogP contribution >= 0.6 is 0 Å². The normalized spacial score (nSPS) is 9.91. The van der Waals surface area contributed by atoms with E-state index in [0.717, 1.165) is 11.1 Å². The predicted octanol–water partition coefficient (Wildman–Crippen LogP) is 2.20. The van der Waals surface area contributed by atoms with Gasteiger partial charge in [-0.05, 0) is 36.6 Å². The summed E-state index contributed by atoms with van der Waals surface area (Å²) in [6.07, 6.45) is 3.69. The van der Waals surface area contributed by atoms with E-state index in [-0.39, 0.29) is 6.61 Å². The molecule has 0 saturated carbocycles. The van der Waals surface area contributed by atoms with Crippen LogP contribution in [0.2, 0.25) is 0 Å². The monoisotopic (exact) mass is 312 g/mol. The van der Waals surface area contributed by atoms with Crippen molar-refractivity contribution in [2.45, 2.75) is 13.3 Å². The van der Waals surface area contributed by atoms with Crippen molar-refractivity contribution in [3.63, 3.8) is 0 Å². The molecule has 0 saturated heterocycles. The largest absolute Gasteiger partial charge is 0.463 e. The van der Waals surface area contributed by atoms with Gasteiger partial charge in [-0.25, -0.2) is 9.59 Å². The molecule has 6 nitrogen and oxygen atoms in total. The van der Waals surface area contributed by atoms with Crippen LogP contribution < -0.4 is 0 Å². The Morgan fingerprint density at radius 3 is 2.83 bits per heavy atom. The fourth-order valence-electron chi connectivity index (χ4n) is 2.11. The SMILES string of the molecule is CCOC(=O)COC(=O)c1c[nH]cc1Cc1cccc(C#N)c1. The summed E-state index contributed by atoms with van der Waals surface area (Å²) in [6.45, 7) is 1.50. The van der Waals surface area contributed by atoms with Gasteiger partial charge in [0.25, 0.3) is 0 Å². The van der Waals surface area contributed by atoms with E-state index in [9.17, 15) is 9.59 Å². The smallest absolute Gasteiger partial charge is 0.344 e. The molecule has 23 heavy (non-hydrogen) atoms. The molecule has 0 fully saturated rings. The standard InChI is InChI=1S/C17H16N2O4/c1-2-22-16(20)11-23-17(21)15-10-19-9-14(15)7-12-4-3-5-13(6-12)8-18/h3-6,9-10,19H,2,7,11H2,1H3. The summed E-state index contributed by atoms with van der Waals surface area (Å²) in [5, 5.41) is 8.92. The van der Waals surface area contributed by atoms with E-state index in [1.165, 1.54) is 6.20 Å². The van der Waals surface area contributed by atoms with E-state index >= 15 is 0 Å². The average Bonchev–Trinajstić information content (AvgIpc) is 3.01. The zero-order chi connectivity index (χ0) is 16.7. The molecule has 1 N–H and O–H groups in total. The van der Waals surface area contributed by atoms with Crippen LogP contribution in [0.3, 0.4) is 0 Å². The lowest BCUT2D eigenvalue weighted by atomic mass is 10.0. The highest BCUT2D eigenvalue weighted by atomic mass is 16.6. The van der Waals surface area contributed by atoms with Crippen LogP contribution in [-0.2, 0) is 20.7 Å². The second-order valence-electron chi connectivity index (χ2n) is 4.76. The summed E-state index contributed by atoms with van der Waals surface area (Å²) in [4.78, 5) is 26.1. The Labute approximate surface area is 133 Å². The molecule has 0 amide bonds. The van der Waals surface area contributed by atoms with E-state index < -0.39 is 18.5 Å². The Morgan fingerprint density at radius 2 is 2.09 bits per heavy atom. The molecular weight excluding hydrogens is 296 g/mol. The van der Waals surface area contributed by atoms with E-state index in [2.05, 4.69) is 11.1 Å². The molecule has 0 spiro atoms. The summed E-state index contributed by atoms with van der Waals surface area (Å²) >= 11 is 0. The number of hydrogen-bond acceptors (Lipinski definition) is 5. The van der Waals surface area contributed by atoms with Crippen LogP contribution in [0.5, 0.6) is 0 Å². The third kappa shape index (κ3) is 4.45. The van der Waals surface area contributed by atoms with Crippen LogP contribution in [0.1, 0.15) is 34.0 Å². The van der Waals surface area contributed by atoms with E-state index in [1.807, 2.05) is 6.07 Å². The zero-order valence-electron chi connectivity index (χ0n) is 12.7. The van der Waals surface area contributed by atoms with Gasteiger partial charge in [0.2, 0.25) is 0 Å². The summed E-state index contributed by atoms with van der Waals surface area (Å²) in [6, 6.07) is 9.23. The first-order valence-corrected chi connectivity index (χ1v) is 7.11. The molecule has 0 aliphatic carbocycles. The topological polar surface area (TPSA) is 92.2 Å². The van der Waals surface area contributed by atoms with Crippen LogP contribution in [0.15, 0.2) is 36.7 Å². The first-order chi connectivity index (χ1) is 11.1. The number of nitrogens with one attached hydrogen (secondary N) is 1. The molecule has 2 rings (SSSR count). The van der Waals surface area contributed by atoms with Gasteiger partial charge in [-0.15, -0.1) is 0 Å². The number of benzene rings is 1. The maximum absolute atomic E-state index is 12.0. The number of ether oxygens (including phenoxy) is 2. The van der Waals surface area contributed by atoms with Crippen LogP contribution in [0, 0.1) is 11.3 Å². The van der Waals surface area contributed by atoms with Crippen molar-refractivity contribution in [3.8, 4) is 6.07 Å². The minimum Gasteiger partial charge on any atom is -0.463 e. The Bertz CT molecular complexity index is 743. The molecule has 1 aromatic heterocycles. The van der Waals surface area contributed by atoms with Crippen LogP contribution in [0.4, 0.5) is 0 Å². The average molecular weight is 312 g/mol. The fourth-order valence-corrected chi connectivity index (χ4v) is 2.11. The molecular formula is C17H16N2O4. The number of nitriles is 1. The molecule has 2 aromatic rings. The van der Waals surface area contributed by atoms with Crippen molar-refractivity contribution in [1.82, 2.24) is 4.98 Å². The van der Waals surface area contributed by atoms with Gasteiger partial charge in [0, 0.05) is 12.4 Å². The van der Waals surface area contributed by atoms with Crippen LogP contribution in [0.25, 0.3) is 0 Å². The molecule has 0 radical (unpaired) electrons. The summed E-state index contributed by atoms with van der Waals surface area (Å²) in [7, 11) is 0. The molecule has 0 bridgehead atoms. The zero-order valence-corrected chi connectivity index (χ0v) is 12.7. The summed E-state index contributed by atoms with van der Waals surface area (Å²) < 4.78 is 9.64. The number of aromatic nitrogens is 1. The molecule has 0 atom stereocenters. The number of H-pyrrole nitrogens is 1. The fraction of sp³-hybridized carbons (Fsp3) is 0.235. The van der Waals surface area contributed by atoms with Gasteiger partial charge >= 0.3 is 11.9 Å². The number of esters is 2. The number of carbonyl (C=O) groups is 2. The maximum atomic E-state index is 12.0. The Hall–Kier alpha value is -3.07. The second kappa shape index (κ2) is 7.80. The minimum atomic E-state index is -0.592. The van der Waals surface area contributed by atoms with Gasteiger partial charge < -0.3 is 14.5 Å². The van der Waals surface area contributed by atoms with E-state index in [0.29, 0.717) is 17.5 Å². The van der Waals surface area contributed by atoms with Gasteiger partial charge in [0.15, 0.2) is 6.61 Å². The number of nitrogens with zero attached hydrogens (tertiary/aromatic N) is 1. The first-order valence-electron chi connectivity index (χ1n) is 7.11. The minimum absolute atomic E-state index is 0.237. The Morgan fingerprint density at radius 1 is 1.26 bits per heavy atom. The lowest BCUT2D eigenvalue weighted by Gasteiger charge is -2.06. The number of hydrogen-bond donors (Lipinski definition) is 1. The van der Waals surface area contributed by atoms with Crippen LogP contribution in [-0.4, -0.2) is 30.1 Å². The first kappa shape index (κ1) is 16.3. The Kier molecular flexibility index (Phi) is 5.53. The van der Waals surface area contributed by atoms with Crippen molar-refractivity contribution in [2.75, 3.05) is 13.2 Å². The highest BCUT2D eigenvalue weighted by molar-refractivity contribution is 5.92. The molecule has 1 heterocycles. The highest BCUT2D eigenvalue weighted by Gasteiger charge is 2.16. The van der Waals surface area contributed by atoms with Gasteiger partial charge in [-0.2, -0.15) is 5.26 Å². The van der Waals surface area contributed by atoms with Gasteiger partial charge in [-0.3, -0.25) is 0 Å². The van der Waals surface area contributed by atoms with Gasteiger partial charge in [-0.1, -0.05) is 12.1 Å². The number of rotatable bonds is 6. The van der Waals surface area contributed by atoms with E-state index in [1.54, 1.807) is 31.3 Å². The molecule has 1 aromatic carbocycles. The summed E-state index contributed by atoms with van der Waals surface area (Å²) in [5.74, 6) is -1.18. The number of carbonyl (C=O) groups excluding carboxylic acids is 2. The Balaban J connectivity index is 2.05. The molecule has 118 valence electrons.